The number of hydrogen-bond acceptors (Lipinski definition) is 6. The first kappa shape index (κ1) is 24.7. The van der Waals surface area contributed by atoms with E-state index >= 15 is 0 Å². The largest absolute Gasteiger partial charge is 0.480 e. The van der Waals surface area contributed by atoms with Crippen LogP contribution in [0, 0.1) is 5.92 Å². The Labute approximate surface area is 190 Å². The number of thioether (sulfide) groups is 2. The lowest BCUT2D eigenvalue weighted by atomic mass is 9.99. The van der Waals surface area contributed by atoms with Crippen LogP contribution in [0.1, 0.15) is 41.0 Å². The highest BCUT2D eigenvalue weighted by Gasteiger charge is 2.31. The number of carbonyl (C=O) groups excluding carboxylic acids is 3. The number of carbonyl (C=O) groups is 4. The van der Waals surface area contributed by atoms with Gasteiger partial charge in [-0.15, -0.1) is 0 Å². The van der Waals surface area contributed by atoms with Gasteiger partial charge in [-0.3, -0.25) is 14.4 Å². The van der Waals surface area contributed by atoms with Gasteiger partial charge in [0, 0.05) is 16.9 Å². The lowest BCUT2D eigenvalue weighted by Gasteiger charge is -2.23. The van der Waals surface area contributed by atoms with Crippen LogP contribution in [0.25, 0.3) is 0 Å². The maximum Gasteiger partial charge on any atom is 0.326 e. The molecule has 0 spiro atoms. The number of carboxylic acid groups (broad SMARTS) is 1. The molecule has 0 aliphatic rings. The van der Waals surface area contributed by atoms with E-state index in [1.54, 1.807) is 67.6 Å². The summed E-state index contributed by atoms with van der Waals surface area (Å²) in [5.74, 6) is -1.95. The van der Waals surface area contributed by atoms with Crippen molar-refractivity contribution in [2.75, 3.05) is 5.75 Å². The molecule has 2 rings (SSSR count). The monoisotopic (exact) mass is 459 g/mol. The summed E-state index contributed by atoms with van der Waals surface area (Å²) in [6.45, 7) is 3.58. The van der Waals surface area contributed by atoms with E-state index < -0.39 is 23.2 Å². The normalized spacial score (nSPS) is 13.6. The average molecular weight is 460 g/mol. The molecule has 0 saturated carbocycles. The van der Waals surface area contributed by atoms with Crippen LogP contribution in [0.5, 0.6) is 0 Å². The van der Waals surface area contributed by atoms with E-state index in [2.05, 4.69) is 5.32 Å². The minimum Gasteiger partial charge on any atom is -0.480 e. The summed E-state index contributed by atoms with van der Waals surface area (Å²) in [6, 6.07) is 16.1. The van der Waals surface area contributed by atoms with Gasteiger partial charge in [-0.25, -0.2) is 4.79 Å². The Morgan fingerprint density at radius 2 is 1.42 bits per heavy atom. The first-order valence-electron chi connectivity index (χ1n) is 9.84. The average Bonchev–Trinajstić information content (AvgIpc) is 2.80. The SMILES string of the molecule is CCC(C)C(NC(=O)[C@H](CSC(=O)c1ccccc1)SC(=O)c1ccccc1)C(=O)O. The molecule has 0 heterocycles. The zero-order chi connectivity index (χ0) is 22.8. The quantitative estimate of drug-likeness (QED) is 0.551. The van der Waals surface area contributed by atoms with Crippen molar-refractivity contribution < 1.29 is 24.3 Å². The van der Waals surface area contributed by atoms with Crippen molar-refractivity contribution in [1.29, 1.82) is 0 Å². The summed E-state index contributed by atoms with van der Waals surface area (Å²) in [7, 11) is 0. The highest BCUT2D eigenvalue weighted by molar-refractivity contribution is 8.18. The Morgan fingerprint density at radius 1 is 0.903 bits per heavy atom. The Balaban J connectivity index is 2.15. The van der Waals surface area contributed by atoms with Crippen molar-refractivity contribution >= 4 is 45.6 Å². The van der Waals surface area contributed by atoms with Gasteiger partial charge >= 0.3 is 5.97 Å². The summed E-state index contributed by atoms with van der Waals surface area (Å²) in [6.07, 6.45) is 0.569. The number of amides is 1. The fraction of sp³-hybridized carbons (Fsp3) is 0.304. The molecule has 8 heteroatoms. The van der Waals surface area contributed by atoms with Crippen LogP contribution in [0.3, 0.4) is 0 Å². The smallest absolute Gasteiger partial charge is 0.326 e. The maximum absolute atomic E-state index is 12.9. The molecule has 0 aliphatic heterocycles. The van der Waals surface area contributed by atoms with Crippen molar-refractivity contribution in [3.63, 3.8) is 0 Å². The van der Waals surface area contributed by atoms with E-state index in [9.17, 15) is 24.3 Å². The summed E-state index contributed by atoms with van der Waals surface area (Å²) in [5, 5.41) is 10.6. The van der Waals surface area contributed by atoms with Crippen LogP contribution < -0.4 is 5.32 Å². The second-order valence-electron chi connectivity index (χ2n) is 6.93. The van der Waals surface area contributed by atoms with Gasteiger partial charge in [-0.2, -0.15) is 0 Å². The molecule has 0 bridgehead atoms. The first-order valence-corrected chi connectivity index (χ1v) is 11.7. The molecule has 2 unspecified atom stereocenters. The van der Waals surface area contributed by atoms with Crippen molar-refractivity contribution in [3.8, 4) is 0 Å². The van der Waals surface area contributed by atoms with E-state index in [0.29, 0.717) is 17.5 Å². The Kier molecular flexibility index (Phi) is 9.81. The Hall–Kier alpha value is -2.58. The van der Waals surface area contributed by atoms with Crippen LogP contribution in [0.2, 0.25) is 0 Å². The zero-order valence-corrected chi connectivity index (χ0v) is 18.9. The van der Waals surface area contributed by atoms with Crippen LogP contribution in [0.4, 0.5) is 0 Å². The predicted molar refractivity (Wildman–Crippen MR) is 124 cm³/mol. The number of hydrogen-bond donors (Lipinski definition) is 2. The van der Waals surface area contributed by atoms with Crippen LogP contribution in [-0.2, 0) is 9.59 Å². The van der Waals surface area contributed by atoms with Gasteiger partial charge in [0.2, 0.25) is 16.1 Å². The molecule has 31 heavy (non-hydrogen) atoms. The van der Waals surface area contributed by atoms with Gasteiger partial charge in [0.1, 0.15) is 11.3 Å². The zero-order valence-electron chi connectivity index (χ0n) is 17.3. The lowest BCUT2D eigenvalue weighted by molar-refractivity contribution is -0.143. The number of nitrogens with one attached hydrogen (secondary N) is 1. The number of benzene rings is 2. The molecule has 6 nitrogen and oxygen atoms in total. The van der Waals surface area contributed by atoms with Gasteiger partial charge < -0.3 is 10.4 Å². The van der Waals surface area contributed by atoms with Gasteiger partial charge in [0.05, 0.1) is 0 Å². The van der Waals surface area contributed by atoms with Gasteiger partial charge in [-0.05, 0) is 5.92 Å². The highest BCUT2D eigenvalue weighted by Crippen LogP contribution is 2.24. The molecule has 2 aromatic carbocycles. The maximum atomic E-state index is 12.9. The van der Waals surface area contributed by atoms with Crippen molar-refractivity contribution in [1.82, 2.24) is 5.32 Å². The molecule has 3 atom stereocenters. The van der Waals surface area contributed by atoms with E-state index in [4.69, 9.17) is 0 Å². The van der Waals surface area contributed by atoms with Crippen LogP contribution in [-0.4, -0.2) is 44.3 Å². The highest BCUT2D eigenvalue weighted by atomic mass is 32.2. The molecule has 0 radical (unpaired) electrons. The molecule has 0 fully saturated rings. The van der Waals surface area contributed by atoms with Crippen molar-refractivity contribution in [2.24, 2.45) is 5.92 Å². The second kappa shape index (κ2) is 12.3. The third-order valence-corrected chi connectivity index (χ3v) is 7.03. The fourth-order valence-electron chi connectivity index (χ4n) is 2.67. The third kappa shape index (κ3) is 7.56. The summed E-state index contributed by atoms with van der Waals surface area (Å²) < 4.78 is 0. The van der Waals surface area contributed by atoms with E-state index in [-0.39, 0.29) is 21.9 Å². The molecular formula is C23H25NO5S2. The molecule has 2 aromatic rings. The van der Waals surface area contributed by atoms with E-state index in [1.165, 1.54) is 0 Å². The minimum atomic E-state index is -1.13. The van der Waals surface area contributed by atoms with Crippen LogP contribution >= 0.6 is 23.5 Å². The molecular weight excluding hydrogens is 434 g/mol. The summed E-state index contributed by atoms with van der Waals surface area (Å²) >= 11 is 1.73. The minimum absolute atomic E-state index is 0.0373. The van der Waals surface area contributed by atoms with E-state index in [1.807, 2.05) is 6.92 Å². The topological polar surface area (TPSA) is 101 Å². The molecule has 1 amide bonds. The third-order valence-electron chi connectivity index (χ3n) is 4.70. The van der Waals surface area contributed by atoms with E-state index in [0.717, 1.165) is 23.5 Å². The predicted octanol–water partition coefficient (Wildman–Crippen LogP) is 4.12. The van der Waals surface area contributed by atoms with Gasteiger partial charge in [0.15, 0.2) is 0 Å². The van der Waals surface area contributed by atoms with Crippen molar-refractivity contribution in [3.05, 3.63) is 71.8 Å². The number of carboxylic acids is 1. The number of aliphatic carboxylic acids is 1. The van der Waals surface area contributed by atoms with Gasteiger partial charge in [-0.1, -0.05) is 104 Å². The Morgan fingerprint density at radius 3 is 1.90 bits per heavy atom. The Bertz CT molecular complexity index is 905. The summed E-state index contributed by atoms with van der Waals surface area (Å²) in [4.78, 5) is 49.6. The fourth-order valence-corrected chi connectivity index (χ4v) is 4.61. The van der Waals surface area contributed by atoms with Crippen LogP contribution in [0.15, 0.2) is 60.7 Å². The van der Waals surface area contributed by atoms with Crippen molar-refractivity contribution in [2.45, 2.75) is 31.6 Å². The molecule has 0 aliphatic carbocycles. The first-order chi connectivity index (χ1) is 14.8. The standard InChI is InChI=1S/C23H25NO5S2/c1-3-15(2)19(21(26)27)24-20(25)18(31-23(29)17-12-8-5-9-13-17)14-30-22(28)16-10-6-4-7-11-16/h4-13,15,18-19H,3,14H2,1-2H3,(H,24,25)(H,26,27)/t15?,18-,19?/m0/s1. The molecule has 0 aromatic heterocycles. The second-order valence-corrected chi connectivity index (χ2v) is 9.10. The number of rotatable bonds is 10. The van der Waals surface area contributed by atoms with Gasteiger partial charge in [0.25, 0.3) is 0 Å². The molecule has 0 saturated heterocycles. The summed E-state index contributed by atoms with van der Waals surface area (Å²) in [5.41, 5.74) is 0.926. The molecule has 164 valence electrons. The molecule has 2 N–H and O–H groups in total. The lowest BCUT2D eigenvalue weighted by Crippen LogP contribution is -2.48.